The van der Waals surface area contributed by atoms with Crippen molar-refractivity contribution in [1.82, 2.24) is 4.90 Å². The molecule has 1 atom stereocenters. The Morgan fingerprint density at radius 1 is 1.50 bits per heavy atom. The quantitative estimate of drug-likeness (QED) is 0.876. The first-order valence-electron chi connectivity index (χ1n) is 7.22. The van der Waals surface area contributed by atoms with Crippen molar-refractivity contribution >= 4 is 17.7 Å². The van der Waals surface area contributed by atoms with Crippen LogP contribution in [-0.2, 0) is 4.79 Å². The fourth-order valence-corrected chi connectivity index (χ4v) is 2.27. The van der Waals surface area contributed by atoms with Gasteiger partial charge in [-0.2, -0.15) is 0 Å². The fraction of sp³-hybridized carbons (Fsp3) is 0.467. The average Bonchev–Trinajstić information content (AvgIpc) is 2.97. The Balaban J connectivity index is 2.04. The largest absolute Gasteiger partial charge is 0.491 e. The molecular weight excluding hydrogens is 291 g/mol. The van der Waals surface area contributed by atoms with E-state index in [1.54, 1.807) is 0 Å². The van der Waals surface area contributed by atoms with Crippen LogP contribution in [0, 0.1) is 11.7 Å². The number of carboxylic acids is 1. The lowest BCUT2D eigenvalue weighted by Crippen LogP contribution is -2.33. The average molecular weight is 310 g/mol. The van der Waals surface area contributed by atoms with E-state index in [4.69, 9.17) is 9.84 Å². The molecule has 0 aliphatic carbocycles. The lowest BCUT2D eigenvalue weighted by molar-refractivity contribution is -0.141. The molecule has 120 valence electrons. The minimum absolute atomic E-state index is 0.174. The molecule has 22 heavy (non-hydrogen) atoms. The molecule has 1 heterocycles. The van der Waals surface area contributed by atoms with Crippen LogP contribution in [0.3, 0.4) is 0 Å². The number of nitrogens with zero attached hydrogens (tertiary/aromatic N) is 1. The highest BCUT2D eigenvalue weighted by Crippen LogP contribution is 2.27. The number of carboxylic acid groups (broad SMARTS) is 1. The second-order valence-corrected chi connectivity index (χ2v) is 5.19. The van der Waals surface area contributed by atoms with Crippen LogP contribution in [-0.4, -0.2) is 41.7 Å². The number of carbonyl (C=O) groups is 2. The summed E-state index contributed by atoms with van der Waals surface area (Å²) >= 11 is 0. The third kappa shape index (κ3) is 3.87. The zero-order valence-corrected chi connectivity index (χ0v) is 12.3. The lowest BCUT2D eigenvalue weighted by atomic mass is 10.1. The molecule has 0 radical (unpaired) electrons. The SMILES string of the molecule is CCCOc1cc(F)ccc1NC(=O)N1CCC(C(=O)O)C1. The monoisotopic (exact) mass is 310 g/mol. The maximum absolute atomic E-state index is 13.3. The Bertz CT molecular complexity index is 564. The number of nitrogens with one attached hydrogen (secondary N) is 1. The summed E-state index contributed by atoms with van der Waals surface area (Å²) in [6, 6.07) is 3.48. The first-order chi connectivity index (χ1) is 10.5. The van der Waals surface area contributed by atoms with E-state index in [-0.39, 0.29) is 12.3 Å². The minimum atomic E-state index is -0.899. The summed E-state index contributed by atoms with van der Waals surface area (Å²) in [6.07, 6.45) is 1.20. The number of aliphatic carboxylic acids is 1. The van der Waals surface area contributed by atoms with Crippen LogP contribution in [0.1, 0.15) is 19.8 Å². The number of hydrogen-bond donors (Lipinski definition) is 2. The molecule has 1 aliphatic heterocycles. The molecule has 1 unspecified atom stereocenters. The Labute approximate surface area is 127 Å². The van der Waals surface area contributed by atoms with Gasteiger partial charge in [-0.3, -0.25) is 4.79 Å². The van der Waals surface area contributed by atoms with Crippen molar-refractivity contribution in [2.24, 2.45) is 5.92 Å². The number of rotatable bonds is 5. The van der Waals surface area contributed by atoms with E-state index >= 15 is 0 Å². The van der Waals surface area contributed by atoms with Crippen molar-refractivity contribution in [2.45, 2.75) is 19.8 Å². The number of likely N-dealkylation sites (tertiary alicyclic amines) is 1. The molecule has 1 aromatic carbocycles. The van der Waals surface area contributed by atoms with Crippen LogP contribution in [0.25, 0.3) is 0 Å². The molecule has 1 aliphatic rings. The third-order valence-corrected chi connectivity index (χ3v) is 3.47. The third-order valence-electron chi connectivity index (χ3n) is 3.47. The van der Waals surface area contributed by atoms with Crippen LogP contribution < -0.4 is 10.1 Å². The van der Waals surface area contributed by atoms with Gasteiger partial charge < -0.3 is 20.1 Å². The molecule has 0 spiro atoms. The topological polar surface area (TPSA) is 78.9 Å². The van der Waals surface area contributed by atoms with Crippen LogP contribution >= 0.6 is 0 Å². The van der Waals surface area contributed by atoms with Gasteiger partial charge in [-0.1, -0.05) is 6.92 Å². The molecule has 1 fully saturated rings. The van der Waals surface area contributed by atoms with Crippen molar-refractivity contribution in [1.29, 1.82) is 0 Å². The molecule has 2 amide bonds. The predicted molar refractivity (Wildman–Crippen MR) is 78.5 cm³/mol. The Morgan fingerprint density at radius 3 is 2.91 bits per heavy atom. The van der Waals surface area contributed by atoms with Gasteiger partial charge in [0.1, 0.15) is 11.6 Å². The first-order valence-corrected chi connectivity index (χ1v) is 7.22. The van der Waals surface area contributed by atoms with Crippen molar-refractivity contribution in [3.05, 3.63) is 24.0 Å². The Kier molecular flexibility index (Phi) is 5.19. The second kappa shape index (κ2) is 7.11. The number of halogens is 1. The number of amides is 2. The molecule has 2 N–H and O–H groups in total. The van der Waals surface area contributed by atoms with E-state index in [0.29, 0.717) is 25.3 Å². The highest BCUT2D eigenvalue weighted by atomic mass is 19.1. The molecule has 2 rings (SSSR count). The standard InChI is InChI=1S/C15H19FN2O4/c1-2-7-22-13-8-11(16)3-4-12(13)17-15(21)18-6-5-10(9-18)14(19)20/h3-4,8,10H,2,5-7,9H2,1H3,(H,17,21)(H,19,20). The van der Waals surface area contributed by atoms with E-state index in [1.165, 1.54) is 23.1 Å². The van der Waals surface area contributed by atoms with E-state index in [9.17, 15) is 14.0 Å². The van der Waals surface area contributed by atoms with Crippen LogP contribution in [0.4, 0.5) is 14.9 Å². The number of carbonyl (C=O) groups excluding carboxylic acids is 1. The van der Waals surface area contributed by atoms with Gasteiger partial charge in [0.25, 0.3) is 0 Å². The van der Waals surface area contributed by atoms with Gasteiger partial charge in [0, 0.05) is 19.2 Å². The molecule has 0 aromatic heterocycles. The summed E-state index contributed by atoms with van der Waals surface area (Å²) in [5, 5.41) is 11.6. The number of anilines is 1. The number of hydrogen-bond acceptors (Lipinski definition) is 3. The van der Waals surface area contributed by atoms with E-state index in [2.05, 4.69) is 5.32 Å². The van der Waals surface area contributed by atoms with Crippen molar-refractivity contribution in [3.63, 3.8) is 0 Å². The smallest absolute Gasteiger partial charge is 0.321 e. The number of urea groups is 1. The maximum atomic E-state index is 13.3. The van der Waals surface area contributed by atoms with E-state index < -0.39 is 23.7 Å². The molecule has 7 heteroatoms. The summed E-state index contributed by atoms with van der Waals surface area (Å²) in [6.45, 7) is 2.90. The molecule has 0 bridgehead atoms. The maximum Gasteiger partial charge on any atom is 0.321 e. The number of benzene rings is 1. The van der Waals surface area contributed by atoms with E-state index in [0.717, 1.165) is 6.42 Å². The van der Waals surface area contributed by atoms with Gasteiger partial charge in [-0.05, 0) is 25.0 Å². The zero-order chi connectivity index (χ0) is 16.1. The lowest BCUT2D eigenvalue weighted by Gasteiger charge is -2.18. The van der Waals surface area contributed by atoms with Crippen molar-refractivity contribution in [3.8, 4) is 5.75 Å². The van der Waals surface area contributed by atoms with E-state index in [1.807, 2.05) is 6.92 Å². The highest BCUT2D eigenvalue weighted by molar-refractivity contribution is 5.91. The predicted octanol–water partition coefficient (Wildman–Crippen LogP) is 2.55. The van der Waals surface area contributed by atoms with Gasteiger partial charge in [0.2, 0.25) is 0 Å². The van der Waals surface area contributed by atoms with Gasteiger partial charge in [0.15, 0.2) is 0 Å². The summed E-state index contributed by atoms with van der Waals surface area (Å²) < 4.78 is 18.7. The molecule has 1 aromatic rings. The van der Waals surface area contributed by atoms with Gasteiger partial charge in [-0.25, -0.2) is 9.18 Å². The normalized spacial score (nSPS) is 17.4. The van der Waals surface area contributed by atoms with Crippen molar-refractivity contribution in [2.75, 3.05) is 25.0 Å². The van der Waals surface area contributed by atoms with Crippen LogP contribution in [0.15, 0.2) is 18.2 Å². The Morgan fingerprint density at radius 2 is 2.27 bits per heavy atom. The van der Waals surface area contributed by atoms with Gasteiger partial charge in [-0.15, -0.1) is 0 Å². The molecular formula is C15H19FN2O4. The summed E-state index contributed by atoms with van der Waals surface area (Å²) in [4.78, 5) is 24.5. The summed E-state index contributed by atoms with van der Waals surface area (Å²) in [5.74, 6) is -1.61. The van der Waals surface area contributed by atoms with Crippen LogP contribution in [0.2, 0.25) is 0 Å². The summed E-state index contributed by atoms with van der Waals surface area (Å²) in [7, 11) is 0. The van der Waals surface area contributed by atoms with Gasteiger partial charge in [0.05, 0.1) is 18.2 Å². The first kappa shape index (κ1) is 16.1. The highest BCUT2D eigenvalue weighted by Gasteiger charge is 2.31. The minimum Gasteiger partial charge on any atom is -0.491 e. The summed E-state index contributed by atoms with van der Waals surface area (Å²) in [5.41, 5.74) is 0.374. The van der Waals surface area contributed by atoms with Crippen LogP contribution in [0.5, 0.6) is 5.75 Å². The fourth-order valence-electron chi connectivity index (χ4n) is 2.27. The van der Waals surface area contributed by atoms with Crippen molar-refractivity contribution < 1.29 is 23.8 Å². The zero-order valence-electron chi connectivity index (χ0n) is 12.3. The molecule has 1 saturated heterocycles. The molecule has 6 nitrogen and oxygen atoms in total. The van der Waals surface area contributed by atoms with Gasteiger partial charge >= 0.3 is 12.0 Å². The second-order valence-electron chi connectivity index (χ2n) is 5.19. The number of ether oxygens (including phenoxy) is 1. The Hall–Kier alpha value is -2.31. The molecule has 0 saturated carbocycles.